The van der Waals surface area contributed by atoms with Crippen LogP contribution in [0.15, 0.2) is 0 Å². The predicted molar refractivity (Wildman–Crippen MR) is 83.7 cm³/mol. The molecule has 118 valence electrons. The molecule has 1 aliphatic heterocycles. The SMILES string of the molecule is CCCCCCCCCC(=O)N1CCCCC1CCO. The number of aliphatic hydroxyl groups is 1. The van der Waals surface area contributed by atoms with E-state index >= 15 is 0 Å². The molecule has 0 aromatic rings. The fourth-order valence-corrected chi connectivity index (χ4v) is 3.15. The molecule has 0 aliphatic carbocycles. The molecule has 1 amide bonds. The van der Waals surface area contributed by atoms with E-state index in [4.69, 9.17) is 5.11 Å². The van der Waals surface area contributed by atoms with Crippen molar-refractivity contribution in [1.29, 1.82) is 0 Å². The van der Waals surface area contributed by atoms with Crippen molar-refractivity contribution in [3.8, 4) is 0 Å². The molecule has 0 aromatic carbocycles. The number of aliphatic hydroxyl groups excluding tert-OH is 1. The average Bonchev–Trinajstić information content (AvgIpc) is 2.47. The topological polar surface area (TPSA) is 40.5 Å². The van der Waals surface area contributed by atoms with E-state index in [0.29, 0.717) is 18.4 Å². The first-order chi connectivity index (χ1) is 9.79. The number of hydrogen-bond acceptors (Lipinski definition) is 2. The van der Waals surface area contributed by atoms with E-state index < -0.39 is 0 Å². The molecule has 0 spiro atoms. The van der Waals surface area contributed by atoms with Crippen LogP contribution in [0.2, 0.25) is 0 Å². The van der Waals surface area contributed by atoms with E-state index in [0.717, 1.165) is 32.2 Å². The van der Waals surface area contributed by atoms with Crippen LogP contribution in [-0.2, 0) is 4.79 Å². The Bertz CT molecular complexity index is 253. The second-order valence-electron chi connectivity index (χ2n) is 6.12. The van der Waals surface area contributed by atoms with Gasteiger partial charge in [-0.25, -0.2) is 0 Å². The Balaban J connectivity index is 2.13. The van der Waals surface area contributed by atoms with Crippen LogP contribution in [0.1, 0.15) is 84.0 Å². The van der Waals surface area contributed by atoms with Crippen molar-refractivity contribution in [3.63, 3.8) is 0 Å². The molecule has 1 aliphatic rings. The highest BCUT2D eigenvalue weighted by molar-refractivity contribution is 5.76. The molecule has 1 unspecified atom stereocenters. The van der Waals surface area contributed by atoms with Crippen LogP contribution in [0.4, 0.5) is 0 Å². The highest BCUT2D eigenvalue weighted by Gasteiger charge is 2.25. The monoisotopic (exact) mass is 283 g/mol. The standard InChI is InChI=1S/C17H33NO2/c1-2-3-4-5-6-7-8-12-17(20)18-14-10-9-11-16(18)13-15-19/h16,19H,2-15H2,1H3. The van der Waals surface area contributed by atoms with Crippen molar-refractivity contribution in [2.75, 3.05) is 13.2 Å². The molecule has 1 saturated heterocycles. The summed E-state index contributed by atoms with van der Waals surface area (Å²) < 4.78 is 0. The van der Waals surface area contributed by atoms with E-state index in [1.54, 1.807) is 0 Å². The zero-order valence-corrected chi connectivity index (χ0v) is 13.3. The summed E-state index contributed by atoms with van der Waals surface area (Å²) in [6.07, 6.45) is 13.6. The minimum absolute atomic E-state index is 0.200. The summed E-state index contributed by atoms with van der Waals surface area (Å²) in [5.41, 5.74) is 0. The Morgan fingerprint density at radius 3 is 2.50 bits per heavy atom. The van der Waals surface area contributed by atoms with Gasteiger partial charge < -0.3 is 10.0 Å². The van der Waals surface area contributed by atoms with Crippen LogP contribution in [0, 0.1) is 0 Å². The van der Waals surface area contributed by atoms with Crippen LogP contribution in [0.3, 0.4) is 0 Å². The summed E-state index contributed by atoms with van der Waals surface area (Å²) in [6.45, 7) is 3.34. The van der Waals surface area contributed by atoms with Crippen LogP contribution < -0.4 is 0 Å². The molecule has 20 heavy (non-hydrogen) atoms. The van der Waals surface area contributed by atoms with Gasteiger partial charge in [-0.15, -0.1) is 0 Å². The van der Waals surface area contributed by atoms with Gasteiger partial charge in [0.2, 0.25) is 5.91 Å². The molecule has 3 nitrogen and oxygen atoms in total. The molecule has 1 atom stereocenters. The zero-order chi connectivity index (χ0) is 14.6. The summed E-state index contributed by atoms with van der Waals surface area (Å²) in [5, 5.41) is 9.10. The molecule has 1 heterocycles. The lowest BCUT2D eigenvalue weighted by Crippen LogP contribution is -2.44. The van der Waals surface area contributed by atoms with Crippen molar-refractivity contribution in [1.82, 2.24) is 4.90 Å². The van der Waals surface area contributed by atoms with Crippen LogP contribution in [0.5, 0.6) is 0 Å². The van der Waals surface area contributed by atoms with E-state index in [2.05, 4.69) is 6.92 Å². The van der Waals surface area contributed by atoms with Gasteiger partial charge in [-0.1, -0.05) is 45.4 Å². The summed E-state index contributed by atoms with van der Waals surface area (Å²) in [4.78, 5) is 14.3. The number of nitrogens with zero attached hydrogens (tertiary/aromatic N) is 1. The number of amides is 1. The zero-order valence-electron chi connectivity index (χ0n) is 13.3. The molecular formula is C17H33NO2. The molecule has 1 fully saturated rings. The maximum absolute atomic E-state index is 12.3. The van der Waals surface area contributed by atoms with Gasteiger partial charge in [0.1, 0.15) is 0 Å². The third-order valence-electron chi connectivity index (χ3n) is 4.40. The van der Waals surface area contributed by atoms with Crippen molar-refractivity contribution >= 4 is 5.91 Å². The number of likely N-dealkylation sites (tertiary alicyclic amines) is 1. The highest BCUT2D eigenvalue weighted by Crippen LogP contribution is 2.21. The van der Waals surface area contributed by atoms with Gasteiger partial charge in [0, 0.05) is 25.6 Å². The fourth-order valence-electron chi connectivity index (χ4n) is 3.15. The number of carbonyl (C=O) groups excluding carboxylic acids is 1. The Morgan fingerprint density at radius 1 is 1.10 bits per heavy atom. The third-order valence-corrected chi connectivity index (χ3v) is 4.40. The number of hydrogen-bond donors (Lipinski definition) is 1. The molecular weight excluding hydrogens is 250 g/mol. The lowest BCUT2D eigenvalue weighted by Gasteiger charge is -2.35. The van der Waals surface area contributed by atoms with Gasteiger partial charge >= 0.3 is 0 Å². The van der Waals surface area contributed by atoms with Gasteiger partial charge in [-0.3, -0.25) is 4.79 Å². The summed E-state index contributed by atoms with van der Waals surface area (Å²) >= 11 is 0. The average molecular weight is 283 g/mol. The Morgan fingerprint density at radius 2 is 1.80 bits per heavy atom. The number of carbonyl (C=O) groups is 1. The number of unbranched alkanes of at least 4 members (excludes halogenated alkanes) is 6. The predicted octanol–water partition coefficient (Wildman–Crippen LogP) is 3.89. The van der Waals surface area contributed by atoms with E-state index in [1.165, 1.54) is 44.9 Å². The van der Waals surface area contributed by atoms with Gasteiger partial charge in [0.25, 0.3) is 0 Å². The molecule has 1 rings (SSSR count). The summed E-state index contributed by atoms with van der Waals surface area (Å²) in [7, 11) is 0. The van der Waals surface area contributed by atoms with Crippen LogP contribution in [0.25, 0.3) is 0 Å². The third kappa shape index (κ3) is 6.74. The van der Waals surface area contributed by atoms with E-state index in [1.807, 2.05) is 4.90 Å². The van der Waals surface area contributed by atoms with Crippen molar-refractivity contribution in [3.05, 3.63) is 0 Å². The van der Waals surface area contributed by atoms with Gasteiger partial charge in [-0.05, 0) is 32.1 Å². The summed E-state index contributed by atoms with van der Waals surface area (Å²) in [5.74, 6) is 0.316. The van der Waals surface area contributed by atoms with Crippen molar-refractivity contribution in [2.24, 2.45) is 0 Å². The Labute approximate surface area is 124 Å². The quantitative estimate of drug-likeness (QED) is 0.618. The maximum atomic E-state index is 12.3. The number of piperidine rings is 1. The molecule has 0 aromatic heterocycles. The van der Waals surface area contributed by atoms with Gasteiger partial charge in [0.05, 0.1) is 0 Å². The maximum Gasteiger partial charge on any atom is 0.222 e. The van der Waals surface area contributed by atoms with Crippen molar-refractivity contribution < 1.29 is 9.90 Å². The largest absolute Gasteiger partial charge is 0.396 e. The lowest BCUT2D eigenvalue weighted by molar-refractivity contribution is -0.135. The molecule has 0 radical (unpaired) electrons. The second-order valence-corrected chi connectivity index (χ2v) is 6.12. The fraction of sp³-hybridized carbons (Fsp3) is 0.941. The first-order valence-corrected chi connectivity index (χ1v) is 8.70. The lowest BCUT2D eigenvalue weighted by atomic mass is 9.98. The Kier molecular flexibility index (Phi) is 9.73. The van der Waals surface area contributed by atoms with Crippen LogP contribution in [-0.4, -0.2) is 35.1 Å². The van der Waals surface area contributed by atoms with Crippen LogP contribution >= 0.6 is 0 Å². The van der Waals surface area contributed by atoms with Crippen molar-refractivity contribution in [2.45, 2.75) is 90.0 Å². The number of rotatable bonds is 10. The summed E-state index contributed by atoms with van der Waals surface area (Å²) in [6, 6.07) is 0.297. The molecule has 0 bridgehead atoms. The van der Waals surface area contributed by atoms with E-state index in [-0.39, 0.29) is 6.61 Å². The normalized spacial score (nSPS) is 19.3. The highest BCUT2D eigenvalue weighted by atomic mass is 16.3. The first-order valence-electron chi connectivity index (χ1n) is 8.70. The van der Waals surface area contributed by atoms with Gasteiger partial charge in [-0.2, -0.15) is 0 Å². The molecule has 1 N–H and O–H groups in total. The minimum Gasteiger partial charge on any atom is -0.396 e. The smallest absolute Gasteiger partial charge is 0.222 e. The molecule has 0 saturated carbocycles. The van der Waals surface area contributed by atoms with E-state index in [9.17, 15) is 4.79 Å². The molecule has 3 heteroatoms. The Hall–Kier alpha value is -0.570. The minimum atomic E-state index is 0.200. The second kappa shape index (κ2) is 11.1. The first kappa shape index (κ1) is 17.5. The van der Waals surface area contributed by atoms with Gasteiger partial charge in [0.15, 0.2) is 0 Å².